The molecule has 0 radical (unpaired) electrons. The molecule has 0 heterocycles. The Morgan fingerprint density at radius 3 is 2.54 bits per heavy atom. The van der Waals surface area contributed by atoms with Crippen LogP contribution in [0.1, 0.15) is 44.6 Å². The lowest BCUT2D eigenvalue weighted by molar-refractivity contribution is -0.130. The standard InChI is InChI=1S/C18H28N4O.HI/c1-2-22(14-15-9-5-3-6-10-15)17(23)13-20-18(19)21-16-11-7-4-8-12-16;/h3,5-6,9-10,16H,2,4,7-8,11-14H2,1H3,(H3,19,20,21);1H. The van der Waals surface area contributed by atoms with Gasteiger partial charge in [0.2, 0.25) is 5.91 Å². The summed E-state index contributed by atoms with van der Waals surface area (Å²) >= 11 is 0. The second-order valence-corrected chi connectivity index (χ2v) is 6.07. The fourth-order valence-corrected chi connectivity index (χ4v) is 2.93. The zero-order chi connectivity index (χ0) is 16.5. The van der Waals surface area contributed by atoms with E-state index in [0.29, 0.717) is 25.1 Å². The molecule has 24 heavy (non-hydrogen) atoms. The molecule has 0 unspecified atom stereocenters. The van der Waals surface area contributed by atoms with Crippen molar-refractivity contribution >= 4 is 35.8 Å². The number of rotatable bonds is 6. The fourth-order valence-electron chi connectivity index (χ4n) is 2.93. The van der Waals surface area contributed by atoms with Gasteiger partial charge in [-0.25, -0.2) is 4.99 Å². The number of guanidine groups is 1. The number of hydrogen-bond donors (Lipinski definition) is 2. The molecule has 5 nitrogen and oxygen atoms in total. The predicted molar refractivity (Wildman–Crippen MR) is 109 cm³/mol. The van der Waals surface area contributed by atoms with Crippen molar-refractivity contribution in [3.05, 3.63) is 35.9 Å². The van der Waals surface area contributed by atoms with E-state index < -0.39 is 0 Å². The fraction of sp³-hybridized carbons (Fsp3) is 0.556. The van der Waals surface area contributed by atoms with Crippen LogP contribution in [0.2, 0.25) is 0 Å². The average molecular weight is 444 g/mol. The number of carbonyl (C=O) groups excluding carboxylic acids is 1. The van der Waals surface area contributed by atoms with Gasteiger partial charge < -0.3 is 16.0 Å². The minimum absolute atomic E-state index is 0. The van der Waals surface area contributed by atoms with Crippen molar-refractivity contribution in [2.75, 3.05) is 13.1 Å². The lowest BCUT2D eigenvalue weighted by Gasteiger charge is -2.23. The van der Waals surface area contributed by atoms with E-state index in [-0.39, 0.29) is 36.4 Å². The number of amides is 1. The maximum atomic E-state index is 12.3. The summed E-state index contributed by atoms with van der Waals surface area (Å²) in [5, 5.41) is 3.24. The lowest BCUT2D eigenvalue weighted by atomic mass is 9.96. The molecule has 1 saturated carbocycles. The van der Waals surface area contributed by atoms with Crippen molar-refractivity contribution in [2.24, 2.45) is 10.7 Å². The van der Waals surface area contributed by atoms with E-state index in [1.54, 1.807) is 4.90 Å². The van der Waals surface area contributed by atoms with E-state index in [1.165, 1.54) is 19.3 Å². The largest absolute Gasteiger partial charge is 0.370 e. The molecule has 0 saturated heterocycles. The molecule has 1 aromatic carbocycles. The summed E-state index contributed by atoms with van der Waals surface area (Å²) in [7, 11) is 0. The zero-order valence-corrected chi connectivity index (χ0v) is 16.7. The summed E-state index contributed by atoms with van der Waals surface area (Å²) < 4.78 is 0. The van der Waals surface area contributed by atoms with Crippen LogP contribution in [-0.4, -0.2) is 35.9 Å². The van der Waals surface area contributed by atoms with Crippen molar-refractivity contribution in [2.45, 2.75) is 51.6 Å². The highest BCUT2D eigenvalue weighted by Gasteiger charge is 2.15. The molecule has 0 bridgehead atoms. The normalized spacial score (nSPS) is 15.5. The molecule has 6 heteroatoms. The first kappa shape index (κ1) is 20.7. The monoisotopic (exact) mass is 444 g/mol. The van der Waals surface area contributed by atoms with Gasteiger partial charge in [-0.15, -0.1) is 24.0 Å². The number of likely N-dealkylation sites (N-methyl/N-ethyl adjacent to an activating group) is 1. The predicted octanol–water partition coefficient (Wildman–Crippen LogP) is 2.89. The molecule has 1 aliphatic rings. The lowest BCUT2D eigenvalue weighted by Crippen LogP contribution is -2.42. The van der Waals surface area contributed by atoms with Gasteiger partial charge in [0.25, 0.3) is 0 Å². The first-order chi connectivity index (χ1) is 11.2. The van der Waals surface area contributed by atoms with Crippen LogP contribution in [0.5, 0.6) is 0 Å². The molecule has 1 aliphatic carbocycles. The Morgan fingerprint density at radius 2 is 1.92 bits per heavy atom. The summed E-state index contributed by atoms with van der Waals surface area (Å²) in [6.07, 6.45) is 6.06. The molecule has 3 N–H and O–H groups in total. The maximum absolute atomic E-state index is 12.3. The number of hydrogen-bond acceptors (Lipinski definition) is 2. The molecule has 134 valence electrons. The smallest absolute Gasteiger partial charge is 0.244 e. The molecule has 1 fully saturated rings. The van der Waals surface area contributed by atoms with Crippen LogP contribution in [0.3, 0.4) is 0 Å². The third-order valence-corrected chi connectivity index (χ3v) is 4.29. The summed E-state index contributed by atoms with van der Waals surface area (Å²) in [5.41, 5.74) is 7.04. The quantitative estimate of drug-likeness (QED) is 0.403. The highest BCUT2D eigenvalue weighted by atomic mass is 127. The number of carbonyl (C=O) groups is 1. The van der Waals surface area contributed by atoms with Crippen molar-refractivity contribution < 1.29 is 4.79 Å². The van der Waals surface area contributed by atoms with Crippen molar-refractivity contribution in [3.63, 3.8) is 0 Å². The van der Waals surface area contributed by atoms with Crippen LogP contribution in [-0.2, 0) is 11.3 Å². The molecular formula is C18H29IN4O. The summed E-state index contributed by atoms with van der Waals surface area (Å²) in [6.45, 7) is 3.36. The van der Waals surface area contributed by atoms with E-state index in [4.69, 9.17) is 5.73 Å². The second-order valence-electron chi connectivity index (χ2n) is 6.07. The SMILES string of the molecule is CCN(Cc1ccccc1)C(=O)CN=C(N)NC1CCCCC1.I. The van der Waals surface area contributed by atoms with E-state index in [2.05, 4.69) is 10.3 Å². The van der Waals surface area contributed by atoms with Gasteiger partial charge in [0, 0.05) is 19.1 Å². The molecule has 1 aromatic rings. The van der Waals surface area contributed by atoms with Crippen molar-refractivity contribution in [1.82, 2.24) is 10.2 Å². The molecule has 0 atom stereocenters. The van der Waals surface area contributed by atoms with Gasteiger partial charge in [-0.2, -0.15) is 0 Å². The molecule has 1 amide bonds. The Labute approximate surface area is 162 Å². The number of halogens is 1. The first-order valence-corrected chi connectivity index (χ1v) is 8.57. The third kappa shape index (κ3) is 7.07. The highest BCUT2D eigenvalue weighted by Crippen LogP contribution is 2.17. The number of nitrogens with one attached hydrogen (secondary N) is 1. The van der Waals surface area contributed by atoms with Crippen LogP contribution < -0.4 is 11.1 Å². The average Bonchev–Trinajstić information content (AvgIpc) is 2.59. The van der Waals surface area contributed by atoms with Gasteiger partial charge in [-0.05, 0) is 25.3 Å². The molecule has 2 rings (SSSR count). The first-order valence-electron chi connectivity index (χ1n) is 8.57. The van der Waals surface area contributed by atoms with Crippen LogP contribution in [0.4, 0.5) is 0 Å². The summed E-state index contributed by atoms with van der Waals surface area (Å²) in [6, 6.07) is 10.4. The second kappa shape index (κ2) is 11.3. The van der Waals surface area contributed by atoms with Gasteiger partial charge in [-0.3, -0.25) is 4.79 Å². The minimum atomic E-state index is 0. The van der Waals surface area contributed by atoms with E-state index in [0.717, 1.165) is 18.4 Å². The van der Waals surface area contributed by atoms with Gasteiger partial charge in [-0.1, -0.05) is 49.6 Å². The Morgan fingerprint density at radius 1 is 1.25 bits per heavy atom. The topological polar surface area (TPSA) is 70.7 Å². The third-order valence-electron chi connectivity index (χ3n) is 4.29. The molecule has 0 aromatic heterocycles. The Hall–Kier alpha value is -1.31. The maximum Gasteiger partial charge on any atom is 0.244 e. The van der Waals surface area contributed by atoms with Gasteiger partial charge in [0.05, 0.1) is 0 Å². The van der Waals surface area contributed by atoms with Gasteiger partial charge in [0.15, 0.2) is 5.96 Å². The van der Waals surface area contributed by atoms with Crippen LogP contribution in [0, 0.1) is 0 Å². The summed E-state index contributed by atoms with van der Waals surface area (Å²) in [5.74, 6) is 0.394. The van der Waals surface area contributed by atoms with Gasteiger partial charge in [0.1, 0.15) is 6.54 Å². The van der Waals surface area contributed by atoms with Crippen LogP contribution in [0.15, 0.2) is 35.3 Å². The molecule has 0 spiro atoms. The van der Waals surface area contributed by atoms with E-state index >= 15 is 0 Å². The Balaban J connectivity index is 0.00000288. The number of benzene rings is 1. The van der Waals surface area contributed by atoms with Crippen molar-refractivity contribution in [3.8, 4) is 0 Å². The van der Waals surface area contributed by atoms with Gasteiger partial charge >= 0.3 is 0 Å². The van der Waals surface area contributed by atoms with Crippen LogP contribution >= 0.6 is 24.0 Å². The number of aliphatic imine (C=N–C) groups is 1. The Kier molecular flexibility index (Phi) is 9.75. The molecular weight excluding hydrogens is 415 g/mol. The number of nitrogens with two attached hydrogens (primary N) is 1. The van der Waals surface area contributed by atoms with E-state index in [9.17, 15) is 4.79 Å². The Bertz CT molecular complexity index is 515. The summed E-state index contributed by atoms with van der Waals surface area (Å²) in [4.78, 5) is 18.3. The van der Waals surface area contributed by atoms with E-state index in [1.807, 2.05) is 37.3 Å². The minimum Gasteiger partial charge on any atom is -0.370 e. The zero-order valence-electron chi connectivity index (χ0n) is 14.4. The number of nitrogens with zero attached hydrogens (tertiary/aromatic N) is 2. The highest BCUT2D eigenvalue weighted by molar-refractivity contribution is 14.0. The molecule has 0 aliphatic heterocycles. The van der Waals surface area contributed by atoms with Crippen molar-refractivity contribution in [1.29, 1.82) is 0 Å². The van der Waals surface area contributed by atoms with Crippen LogP contribution in [0.25, 0.3) is 0 Å².